The first-order valence-corrected chi connectivity index (χ1v) is 13.9. The van der Waals surface area contributed by atoms with Gasteiger partial charge in [-0.05, 0) is 62.5 Å². The van der Waals surface area contributed by atoms with E-state index in [1.807, 2.05) is 82.3 Å². The minimum Gasteiger partial charge on any atom is -0.317 e. The van der Waals surface area contributed by atoms with Crippen molar-refractivity contribution in [2.45, 2.75) is 72.6 Å². The summed E-state index contributed by atoms with van der Waals surface area (Å²) >= 11 is 0. The maximum atomic E-state index is 13.8. The fraction of sp³-hybridized carbons (Fsp3) is 0.469. The van der Waals surface area contributed by atoms with Crippen LogP contribution in [0.15, 0.2) is 54.6 Å². The van der Waals surface area contributed by atoms with Crippen molar-refractivity contribution in [2.24, 2.45) is 11.3 Å². The van der Waals surface area contributed by atoms with E-state index < -0.39 is 5.41 Å². The maximum absolute atomic E-state index is 13.8. The van der Waals surface area contributed by atoms with Crippen LogP contribution in [0.4, 0.5) is 16.3 Å². The molecule has 0 spiro atoms. The van der Waals surface area contributed by atoms with Crippen LogP contribution in [0.5, 0.6) is 0 Å². The average molecular weight is 530 g/mol. The number of aromatic nitrogens is 2. The smallest absolute Gasteiger partial charge is 0.317 e. The van der Waals surface area contributed by atoms with Crippen molar-refractivity contribution in [1.82, 2.24) is 15.1 Å². The van der Waals surface area contributed by atoms with Gasteiger partial charge in [0.15, 0.2) is 0 Å². The number of rotatable bonds is 6. The Hall–Kier alpha value is -3.45. The van der Waals surface area contributed by atoms with E-state index >= 15 is 0 Å². The van der Waals surface area contributed by atoms with Gasteiger partial charge in [0.2, 0.25) is 0 Å². The molecule has 3 N–H and O–H groups in total. The highest BCUT2D eigenvalue weighted by molar-refractivity contribution is 6.01. The molecule has 1 saturated heterocycles. The van der Waals surface area contributed by atoms with Gasteiger partial charge in [0.25, 0.3) is 0 Å². The number of anilines is 2. The lowest BCUT2D eigenvalue weighted by Crippen LogP contribution is -2.38. The number of urea groups is 1. The third-order valence-corrected chi connectivity index (χ3v) is 7.42. The van der Waals surface area contributed by atoms with Crippen LogP contribution in [0.3, 0.4) is 0 Å². The molecular weight excluding hydrogens is 486 g/mol. The fourth-order valence-electron chi connectivity index (χ4n) is 5.12. The average Bonchev–Trinajstić information content (AvgIpc) is 3.30. The third kappa shape index (κ3) is 6.77. The van der Waals surface area contributed by atoms with Gasteiger partial charge < -0.3 is 10.6 Å². The second-order valence-corrected chi connectivity index (χ2v) is 12.8. The lowest BCUT2D eigenvalue weighted by Gasteiger charge is -2.35. The predicted octanol–water partition coefficient (Wildman–Crippen LogP) is 6.82. The zero-order chi connectivity index (χ0) is 28.4. The number of Topliss-reactive ketones (excluding diaryl/α,β-unsaturated/α-hetero) is 1. The van der Waals surface area contributed by atoms with Gasteiger partial charge in [-0.25, -0.2) is 9.48 Å². The summed E-state index contributed by atoms with van der Waals surface area (Å²) in [6, 6.07) is 17.3. The van der Waals surface area contributed by atoms with E-state index in [2.05, 4.69) is 36.7 Å². The second kappa shape index (κ2) is 11.3. The van der Waals surface area contributed by atoms with Crippen molar-refractivity contribution < 1.29 is 9.59 Å². The van der Waals surface area contributed by atoms with Crippen molar-refractivity contribution in [3.63, 3.8) is 0 Å². The molecule has 1 atom stereocenters. The first-order chi connectivity index (χ1) is 18.3. The van der Waals surface area contributed by atoms with E-state index in [-0.39, 0.29) is 29.1 Å². The Kier molecular flexibility index (Phi) is 8.31. The molecule has 2 amide bonds. The number of hydrogen-bond donors (Lipinski definition) is 3. The number of carbonyl (C=O) groups excluding carboxylic acids is 2. The van der Waals surface area contributed by atoms with E-state index in [1.54, 1.807) is 4.68 Å². The highest BCUT2D eigenvalue weighted by Crippen LogP contribution is 2.40. The summed E-state index contributed by atoms with van der Waals surface area (Å²) in [5.41, 5.74) is 3.75. The first kappa shape index (κ1) is 28.6. The van der Waals surface area contributed by atoms with Gasteiger partial charge in [-0.3, -0.25) is 10.1 Å². The van der Waals surface area contributed by atoms with Crippen molar-refractivity contribution in [3.05, 3.63) is 71.4 Å². The predicted molar refractivity (Wildman–Crippen MR) is 159 cm³/mol. The van der Waals surface area contributed by atoms with E-state index in [0.717, 1.165) is 48.4 Å². The Labute approximate surface area is 232 Å². The van der Waals surface area contributed by atoms with E-state index in [4.69, 9.17) is 5.10 Å². The molecule has 2 aromatic carbocycles. The van der Waals surface area contributed by atoms with Crippen LogP contribution in [0, 0.1) is 18.3 Å². The van der Waals surface area contributed by atoms with Gasteiger partial charge in [-0.1, -0.05) is 77.4 Å². The molecule has 4 rings (SSSR count). The zero-order valence-electron chi connectivity index (χ0n) is 24.4. The molecule has 1 fully saturated rings. The van der Waals surface area contributed by atoms with E-state index in [9.17, 15) is 9.59 Å². The van der Waals surface area contributed by atoms with Gasteiger partial charge in [-0.15, -0.1) is 0 Å². The molecule has 0 saturated carbocycles. The molecule has 1 aromatic heterocycles. The third-order valence-electron chi connectivity index (χ3n) is 7.42. The molecule has 0 bridgehead atoms. The Morgan fingerprint density at radius 3 is 2.21 bits per heavy atom. The zero-order valence-corrected chi connectivity index (χ0v) is 24.4. The van der Waals surface area contributed by atoms with Crippen LogP contribution in [-0.4, -0.2) is 34.7 Å². The number of amides is 2. The summed E-state index contributed by atoms with van der Waals surface area (Å²) in [6.07, 6.45) is 1.86. The molecule has 0 radical (unpaired) electrons. The minimum absolute atomic E-state index is 0.190. The summed E-state index contributed by atoms with van der Waals surface area (Å²) in [5, 5.41) is 14.3. The monoisotopic (exact) mass is 529 g/mol. The molecule has 7 heteroatoms. The van der Waals surface area contributed by atoms with E-state index in [1.165, 1.54) is 0 Å². The molecule has 1 aliphatic heterocycles. The van der Waals surface area contributed by atoms with Crippen LogP contribution in [-0.2, 0) is 10.2 Å². The summed E-state index contributed by atoms with van der Waals surface area (Å²) in [6.45, 7) is 16.1. The Balaban J connectivity index is 1.65. The number of para-hydroxylation sites is 1. The van der Waals surface area contributed by atoms with Crippen molar-refractivity contribution >= 4 is 23.3 Å². The molecule has 1 aliphatic rings. The first-order valence-electron chi connectivity index (χ1n) is 13.9. The van der Waals surface area contributed by atoms with Crippen LogP contribution >= 0.6 is 0 Å². The summed E-state index contributed by atoms with van der Waals surface area (Å²) in [7, 11) is 0. The van der Waals surface area contributed by atoms with E-state index in [0.29, 0.717) is 11.5 Å². The van der Waals surface area contributed by atoms with Gasteiger partial charge in [0.1, 0.15) is 11.6 Å². The normalized spacial score (nSPS) is 15.6. The second-order valence-electron chi connectivity index (χ2n) is 12.8. The lowest BCUT2D eigenvalue weighted by molar-refractivity contribution is -0.129. The topological polar surface area (TPSA) is 88.1 Å². The van der Waals surface area contributed by atoms with Crippen LogP contribution < -0.4 is 16.0 Å². The molecule has 1 unspecified atom stereocenters. The number of nitrogens with one attached hydrogen (secondary N) is 3. The van der Waals surface area contributed by atoms with Gasteiger partial charge >= 0.3 is 6.03 Å². The van der Waals surface area contributed by atoms with Crippen molar-refractivity contribution in [2.75, 3.05) is 23.7 Å². The van der Waals surface area contributed by atoms with Crippen molar-refractivity contribution in [3.8, 4) is 5.69 Å². The Morgan fingerprint density at radius 2 is 1.59 bits per heavy atom. The number of ketones is 1. The summed E-state index contributed by atoms with van der Waals surface area (Å²) < 4.78 is 1.77. The number of piperidine rings is 1. The molecule has 7 nitrogen and oxygen atoms in total. The highest BCUT2D eigenvalue weighted by atomic mass is 16.2. The number of benzene rings is 2. The molecule has 39 heavy (non-hydrogen) atoms. The van der Waals surface area contributed by atoms with Gasteiger partial charge in [0.05, 0.1) is 11.4 Å². The molecular formula is C32H43N5O2. The Morgan fingerprint density at radius 1 is 0.949 bits per heavy atom. The fourth-order valence-corrected chi connectivity index (χ4v) is 5.12. The summed E-state index contributed by atoms with van der Waals surface area (Å²) in [4.78, 5) is 27.2. The molecule has 0 aliphatic carbocycles. The van der Waals surface area contributed by atoms with Crippen molar-refractivity contribution in [1.29, 1.82) is 0 Å². The standard InChI is InChI=1S/C32H43N5O2/c1-21-12-14-23(15-13-21)37-27(20-26(36-37)31(2,3)4)35-30(39)34-25-11-9-8-10-24(25)28(29(38)32(5,6)7)22-16-18-33-19-17-22/h8-15,20,22,28,33H,16-19H2,1-7H3,(H2,34,35,39). The number of hydrogen-bond acceptors (Lipinski definition) is 4. The number of carbonyl (C=O) groups is 2. The number of nitrogens with zero attached hydrogens (tertiary/aromatic N) is 2. The quantitative estimate of drug-likeness (QED) is 0.327. The molecule has 208 valence electrons. The minimum atomic E-state index is -0.491. The van der Waals surface area contributed by atoms with Crippen LogP contribution in [0.2, 0.25) is 0 Å². The maximum Gasteiger partial charge on any atom is 0.324 e. The highest BCUT2D eigenvalue weighted by Gasteiger charge is 2.38. The summed E-state index contributed by atoms with van der Waals surface area (Å²) in [5.74, 6) is 0.728. The number of aryl methyl sites for hydroxylation is 1. The van der Waals surface area contributed by atoms with Crippen LogP contribution in [0.25, 0.3) is 5.69 Å². The molecule has 2 heterocycles. The SMILES string of the molecule is Cc1ccc(-n2nc(C(C)(C)C)cc2NC(=O)Nc2ccccc2C(C(=O)C(C)(C)C)C2CCNCC2)cc1. The van der Waals surface area contributed by atoms with Gasteiger partial charge in [-0.2, -0.15) is 5.10 Å². The lowest BCUT2D eigenvalue weighted by atomic mass is 9.71. The Bertz CT molecular complexity index is 1310. The molecule has 3 aromatic rings. The largest absolute Gasteiger partial charge is 0.324 e. The van der Waals surface area contributed by atoms with Gasteiger partial charge in [0, 0.05) is 28.5 Å². The van der Waals surface area contributed by atoms with Crippen LogP contribution in [0.1, 0.15) is 77.1 Å².